The summed E-state index contributed by atoms with van der Waals surface area (Å²) in [6, 6.07) is 15.3. The molecule has 3 heterocycles. The number of aryl methyl sites for hydroxylation is 1. The fraction of sp³-hybridized carbons (Fsp3) is 0.360. The highest BCUT2D eigenvalue weighted by atomic mass is 32.1. The van der Waals surface area contributed by atoms with Crippen molar-refractivity contribution in [3.05, 3.63) is 81.8 Å². The van der Waals surface area contributed by atoms with E-state index in [4.69, 9.17) is 4.74 Å². The Morgan fingerprint density at radius 3 is 2.84 bits per heavy atom. The molecule has 2 aromatic heterocycles. The summed E-state index contributed by atoms with van der Waals surface area (Å²) in [5.41, 5.74) is 2.82. The summed E-state index contributed by atoms with van der Waals surface area (Å²) in [6.45, 7) is 5.17. The molecule has 0 spiro atoms. The molecule has 1 aliphatic heterocycles. The predicted molar refractivity (Wildman–Crippen MR) is 124 cm³/mol. The summed E-state index contributed by atoms with van der Waals surface area (Å²) >= 11 is 1.82. The van der Waals surface area contributed by atoms with E-state index in [1.807, 2.05) is 47.7 Å². The van der Waals surface area contributed by atoms with E-state index in [2.05, 4.69) is 33.6 Å². The summed E-state index contributed by atoms with van der Waals surface area (Å²) in [5, 5.41) is 5.44. The van der Waals surface area contributed by atoms with Gasteiger partial charge >= 0.3 is 0 Å². The van der Waals surface area contributed by atoms with Gasteiger partial charge in [0.1, 0.15) is 5.75 Å². The fourth-order valence-electron chi connectivity index (χ4n) is 4.32. The van der Waals surface area contributed by atoms with E-state index < -0.39 is 0 Å². The largest absolute Gasteiger partial charge is 0.496 e. The standard InChI is InChI=1S/C25H29N3O2S/c1-18-12-15-31-23(18)17-28-14-7-8-19(16-28)24(21-10-5-6-13-26-21)27-25(29)20-9-3-4-11-22(20)30-2/h3-6,9-13,15,19,24H,7-8,14,16-17H2,1-2H3,(H,27,29)/t19-,24+/m1/s1. The van der Waals surface area contributed by atoms with Gasteiger partial charge in [-0.2, -0.15) is 0 Å². The molecule has 6 heteroatoms. The lowest BCUT2D eigenvalue weighted by Gasteiger charge is -2.37. The maximum Gasteiger partial charge on any atom is 0.255 e. The number of amides is 1. The molecule has 0 bridgehead atoms. The third kappa shape index (κ3) is 5.14. The van der Waals surface area contributed by atoms with Gasteiger partial charge in [-0.15, -0.1) is 11.3 Å². The Morgan fingerprint density at radius 1 is 1.26 bits per heavy atom. The number of methoxy groups -OCH3 is 1. The minimum atomic E-state index is -0.147. The number of ether oxygens (including phenoxy) is 1. The van der Waals surface area contributed by atoms with Crippen LogP contribution in [0.1, 0.15) is 45.4 Å². The molecule has 1 aromatic carbocycles. The van der Waals surface area contributed by atoms with Crippen LogP contribution in [-0.2, 0) is 6.54 Å². The Morgan fingerprint density at radius 2 is 2.10 bits per heavy atom. The number of benzene rings is 1. The fourth-order valence-corrected chi connectivity index (χ4v) is 5.27. The van der Waals surface area contributed by atoms with Gasteiger partial charge in [0.2, 0.25) is 0 Å². The first-order chi connectivity index (χ1) is 15.2. The molecule has 3 aromatic rings. The minimum Gasteiger partial charge on any atom is -0.496 e. The van der Waals surface area contributed by atoms with E-state index in [0.717, 1.165) is 38.2 Å². The first kappa shape index (κ1) is 21.5. The number of piperidine rings is 1. The van der Waals surface area contributed by atoms with Crippen LogP contribution in [0.15, 0.2) is 60.1 Å². The number of aromatic nitrogens is 1. The lowest BCUT2D eigenvalue weighted by Crippen LogP contribution is -2.43. The van der Waals surface area contributed by atoms with Crippen LogP contribution in [0.4, 0.5) is 0 Å². The molecule has 162 valence electrons. The molecule has 0 saturated carbocycles. The van der Waals surface area contributed by atoms with Crippen molar-refractivity contribution in [3.63, 3.8) is 0 Å². The van der Waals surface area contributed by atoms with Crippen LogP contribution < -0.4 is 10.1 Å². The van der Waals surface area contributed by atoms with Gasteiger partial charge in [0, 0.05) is 24.2 Å². The number of nitrogens with zero attached hydrogens (tertiary/aromatic N) is 2. The number of rotatable bonds is 7. The van der Waals surface area contributed by atoms with E-state index >= 15 is 0 Å². The Hall–Kier alpha value is -2.70. The molecule has 1 N–H and O–H groups in total. The van der Waals surface area contributed by atoms with Crippen LogP contribution in [0.5, 0.6) is 5.75 Å². The number of hydrogen-bond donors (Lipinski definition) is 1. The molecule has 1 saturated heterocycles. The number of likely N-dealkylation sites (tertiary alicyclic amines) is 1. The van der Waals surface area contributed by atoms with Crippen LogP contribution in [0.3, 0.4) is 0 Å². The number of thiophene rings is 1. The van der Waals surface area contributed by atoms with Crippen LogP contribution in [0.25, 0.3) is 0 Å². The second-order valence-corrected chi connectivity index (χ2v) is 9.07. The number of hydrogen-bond acceptors (Lipinski definition) is 5. The van der Waals surface area contributed by atoms with Crippen molar-refractivity contribution < 1.29 is 9.53 Å². The number of nitrogens with one attached hydrogen (secondary N) is 1. The lowest BCUT2D eigenvalue weighted by atomic mass is 9.88. The third-order valence-electron chi connectivity index (χ3n) is 5.99. The zero-order valence-corrected chi connectivity index (χ0v) is 18.9. The highest BCUT2D eigenvalue weighted by Crippen LogP contribution is 2.31. The minimum absolute atomic E-state index is 0.126. The van der Waals surface area contributed by atoms with Crippen molar-refractivity contribution in [1.82, 2.24) is 15.2 Å². The number of carbonyl (C=O) groups is 1. The smallest absolute Gasteiger partial charge is 0.255 e. The summed E-state index contributed by atoms with van der Waals surface area (Å²) in [5.74, 6) is 0.750. The van der Waals surface area contributed by atoms with Gasteiger partial charge in [-0.25, -0.2) is 0 Å². The first-order valence-electron chi connectivity index (χ1n) is 10.8. The van der Waals surface area contributed by atoms with E-state index in [0.29, 0.717) is 17.2 Å². The Kier molecular flexibility index (Phi) is 6.99. The number of carbonyl (C=O) groups excluding carboxylic acids is 1. The lowest BCUT2D eigenvalue weighted by molar-refractivity contribution is 0.0873. The van der Waals surface area contributed by atoms with Crippen LogP contribution in [0, 0.1) is 12.8 Å². The predicted octanol–water partition coefficient (Wildman–Crippen LogP) is 4.84. The van der Waals surface area contributed by atoms with E-state index in [1.165, 1.54) is 10.4 Å². The van der Waals surface area contributed by atoms with Gasteiger partial charge in [0.25, 0.3) is 5.91 Å². The Balaban J connectivity index is 1.55. The van der Waals surface area contributed by atoms with Crippen molar-refractivity contribution in [2.45, 2.75) is 32.4 Å². The van der Waals surface area contributed by atoms with Crippen molar-refractivity contribution in [2.75, 3.05) is 20.2 Å². The van der Waals surface area contributed by atoms with Crippen LogP contribution in [0.2, 0.25) is 0 Å². The maximum atomic E-state index is 13.2. The van der Waals surface area contributed by atoms with Crippen molar-refractivity contribution >= 4 is 17.2 Å². The summed E-state index contributed by atoms with van der Waals surface area (Å²) in [7, 11) is 1.59. The molecule has 2 atom stereocenters. The molecule has 31 heavy (non-hydrogen) atoms. The Bertz CT molecular complexity index is 1000. The molecule has 1 amide bonds. The molecule has 0 radical (unpaired) electrons. The van der Waals surface area contributed by atoms with Gasteiger partial charge in [0.15, 0.2) is 0 Å². The average molecular weight is 436 g/mol. The number of pyridine rings is 1. The molecule has 1 aliphatic rings. The molecular formula is C25H29N3O2S. The highest BCUT2D eigenvalue weighted by molar-refractivity contribution is 7.10. The molecule has 0 aliphatic carbocycles. The second-order valence-electron chi connectivity index (χ2n) is 8.07. The van der Waals surface area contributed by atoms with Crippen molar-refractivity contribution in [3.8, 4) is 5.75 Å². The van der Waals surface area contributed by atoms with Crippen LogP contribution in [-0.4, -0.2) is 36.0 Å². The van der Waals surface area contributed by atoms with Gasteiger partial charge in [-0.3, -0.25) is 14.7 Å². The van der Waals surface area contributed by atoms with E-state index in [9.17, 15) is 4.79 Å². The normalized spacial score (nSPS) is 17.8. The third-order valence-corrected chi connectivity index (χ3v) is 7.00. The zero-order valence-electron chi connectivity index (χ0n) is 18.1. The molecule has 0 unspecified atom stereocenters. The maximum absolute atomic E-state index is 13.2. The van der Waals surface area contributed by atoms with Gasteiger partial charge in [-0.1, -0.05) is 18.2 Å². The first-order valence-corrected chi connectivity index (χ1v) is 11.6. The summed E-state index contributed by atoms with van der Waals surface area (Å²) < 4.78 is 5.40. The Labute approximate surface area is 188 Å². The molecular weight excluding hydrogens is 406 g/mol. The quantitative estimate of drug-likeness (QED) is 0.577. The van der Waals surface area contributed by atoms with E-state index in [1.54, 1.807) is 19.4 Å². The molecule has 5 nitrogen and oxygen atoms in total. The monoisotopic (exact) mass is 435 g/mol. The van der Waals surface area contributed by atoms with Gasteiger partial charge in [0.05, 0.1) is 24.4 Å². The average Bonchev–Trinajstić information content (AvgIpc) is 3.22. The van der Waals surface area contributed by atoms with E-state index in [-0.39, 0.29) is 11.9 Å². The summed E-state index contributed by atoms with van der Waals surface area (Å²) in [6.07, 6.45) is 3.98. The molecule has 4 rings (SSSR count). The SMILES string of the molecule is COc1ccccc1C(=O)N[C@H](c1ccccn1)[C@@H]1CCCN(Cc2sccc2C)C1. The molecule has 1 fully saturated rings. The van der Waals surface area contributed by atoms with Gasteiger partial charge < -0.3 is 10.1 Å². The van der Waals surface area contributed by atoms with Crippen LogP contribution >= 0.6 is 11.3 Å². The van der Waals surface area contributed by atoms with Gasteiger partial charge in [-0.05, 0) is 73.5 Å². The zero-order chi connectivity index (χ0) is 21.6. The highest BCUT2D eigenvalue weighted by Gasteiger charge is 2.31. The second kappa shape index (κ2) is 10.1. The summed E-state index contributed by atoms with van der Waals surface area (Å²) in [4.78, 5) is 21.7. The van der Waals surface area contributed by atoms with Crippen molar-refractivity contribution in [1.29, 1.82) is 0 Å². The number of para-hydroxylation sites is 1. The topological polar surface area (TPSA) is 54.5 Å². The van der Waals surface area contributed by atoms with Crippen molar-refractivity contribution in [2.24, 2.45) is 5.92 Å².